The van der Waals surface area contributed by atoms with Crippen LogP contribution in [0.5, 0.6) is 0 Å². The number of hydrogen-bond acceptors (Lipinski definition) is 3. The highest BCUT2D eigenvalue weighted by molar-refractivity contribution is 6.15. The predicted molar refractivity (Wildman–Crippen MR) is 118 cm³/mol. The molecule has 2 N–H and O–H groups in total. The minimum absolute atomic E-state index is 0.263. The first-order valence-corrected chi connectivity index (χ1v) is 9.67. The first-order chi connectivity index (χ1) is 14.3. The molecule has 0 spiro atoms. The number of allylic oxidation sites excluding steroid dienone is 1. The van der Waals surface area contributed by atoms with Crippen LogP contribution in [0.3, 0.4) is 0 Å². The summed E-state index contributed by atoms with van der Waals surface area (Å²) < 4.78 is 0. The second-order valence-corrected chi connectivity index (χ2v) is 6.81. The van der Waals surface area contributed by atoms with Crippen molar-refractivity contribution in [2.75, 3.05) is 17.2 Å². The van der Waals surface area contributed by atoms with Gasteiger partial charge < -0.3 is 10.6 Å². The van der Waals surface area contributed by atoms with Gasteiger partial charge in [-0.3, -0.25) is 9.98 Å². The van der Waals surface area contributed by atoms with Crippen LogP contribution in [0.15, 0.2) is 89.7 Å². The molecule has 0 bridgehead atoms. The van der Waals surface area contributed by atoms with Crippen LogP contribution in [0.2, 0.25) is 0 Å². The summed E-state index contributed by atoms with van der Waals surface area (Å²) in [5.74, 6) is 0. The Balaban J connectivity index is 1.45. The Morgan fingerprint density at radius 2 is 1.66 bits per heavy atom. The van der Waals surface area contributed by atoms with Crippen molar-refractivity contribution >= 4 is 29.2 Å². The van der Waals surface area contributed by atoms with E-state index in [2.05, 4.69) is 21.7 Å². The molecule has 5 heteroatoms. The van der Waals surface area contributed by atoms with Gasteiger partial charge in [0.05, 0.1) is 5.71 Å². The van der Waals surface area contributed by atoms with E-state index in [0.29, 0.717) is 0 Å². The Morgan fingerprint density at radius 3 is 2.38 bits per heavy atom. The lowest BCUT2D eigenvalue weighted by Crippen LogP contribution is -2.19. The van der Waals surface area contributed by atoms with Crippen molar-refractivity contribution in [1.29, 1.82) is 0 Å². The topological polar surface area (TPSA) is 66.4 Å². The highest BCUT2D eigenvalue weighted by atomic mass is 16.2. The van der Waals surface area contributed by atoms with Gasteiger partial charge in [-0.05, 0) is 66.5 Å². The van der Waals surface area contributed by atoms with Crippen molar-refractivity contribution in [2.45, 2.75) is 12.8 Å². The Bertz CT molecular complexity index is 1030. The summed E-state index contributed by atoms with van der Waals surface area (Å²) in [5.41, 5.74) is 5.86. The number of carbonyl (C=O) groups excluding carboxylic acids is 1. The van der Waals surface area contributed by atoms with E-state index in [1.54, 1.807) is 6.20 Å². The molecule has 0 saturated carbocycles. The lowest BCUT2D eigenvalue weighted by molar-refractivity contribution is 0.262. The van der Waals surface area contributed by atoms with Crippen LogP contribution in [-0.4, -0.2) is 23.3 Å². The molecule has 0 atom stereocenters. The van der Waals surface area contributed by atoms with E-state index in [-0.39, 0.29) is 6.03 Å². The fourth-order valence-electron chi connectivity index (χ4n) is 3.28. The van der Waals surface area contributed by atoms with Crippen molar-refractivity contribution in [3.63, 3.8) is 0 Å². The lowest BCUT2D eigenvalue weighted by Gasteiger charge is -2.16. The number of para-hydroxylation sites is 1. The van der Waals surface area contributed by atoms with Crippen LogP contribution in [-0.2, 0) is 0 Å². The quantitative estimate of drug-likeness (QED) is 0.635. The molecule has 0 aliphatic carbocycles. The number of pyridine rings is 1. The highest BCUT2D eigenvalue weighted by Gasteiger charge is 2.14. The number of nitrogens with zero attached hydrogens (tertiary/aromatic N) is 2. The number of anilines is 2. The third-order valence-corrected chi connectivity index (χ3v) is 4.65. The number of carbonyl (C=O) groups is 1. The SMILES string of the molecule is O=C(Nc1ccccc1)Nc1ccc(/C=C2\CCCN=C2c2cccnc2)cc1. The van der Waals surface area contributed by atoms with Crippen LogP contribution >= 0.6 is 0 Å². The number of aromatic nitrogens is 1. The number of rotatable bonds is 4. The maximum atomic E-state index is 12.1. The number of nitrogens with one attached hydrogen (secondary N) is 2. The Kier molecular flexibility index (Phi) is 5.76. The third kappa shape index (κ3) is 4.96. The van der Waals surface area contributed by atoms with Gasteiger partial charge in [-0.15, -0.1) is 0 Å². The van der Waals surface area contributed by atoms with Crippen LogP contribution < -0.4 is 10.6 Å². The average molecular weight is 382 g/mol. The molecule has 4 rings (SSSR count). The molecule has 2 aromatic carbocycles. The summed E-state index contributed by atoms with van der Waals surface area (Å²) in [6.07, 6.45) is 7.84. The molecule has 29 heavy (non-hydrogen) atoms. The Morgan fingerprint density at radius 1 is 0.897 bits per heavy atom. The molecule has 2 amide bonds. The lowest BCUT2D eigenvalue weighted by atomic mass is 9.95. The number of urea groups is 1. The molecule has 0 unspecified atom stereocenters. The number of hydrogen-bond donors (Lipinski definition) is 2. The summed E-state index contributed by atoms with van der Waals surface area (Å²) in [6.45, 7) is 0.848. The largest absolute Gasteiger partial charge is 0.323 e. The molecule has 1 aromatic heterocycles. The zero-order chi connectivity index (χ0) is 19.9. The second-order valence-electron chi connectivity index (χ2n) is 6.81. The smallest absolute Gasteiger partial charge is 0.308 e. The van der Waals surface area contributed by atoms with Gasteiger partial charge in [0, 0.05) is 35.9 Å². The minimum Gasteiger partial charge on any atom is -0.308 e. The van der Waals surface area contributed by atoms with E-state index in [4.69, 9.17) is 4.99 Å². The zero-order valence-corrected chi connectivity index (χ0v) is 16.0. The molecule has 0 fully saturated rings. The molecular formula is C24H22N4O. The molecule has 1 aliphatic rings. The first-order valence-electron chi connectivity index (χ1n) is 9.67. The van der Waals surface area contributed by atoms with Gasteiger partial charge in [0.2, 0.25) is 0 Å². The molecule has 2 heterocycles. The van der Waals surface area contributed by atoms with E-state index < -0.39 is 0 Å². The molecule has 0 saturated heterocycles. The maximum absolute atomic E-state index is 12.1. The van der Waals surface area contributed by atoms with Crippen molar-refractivity contribution in [1.82, 2.24) is 4.98 Å². The summed E-state index contributed by atoms with van der Waals surface area (Å²) in [5, 5.41) is 5.66. The molecule has 1 aliphatic heterocycles. The highest BCUT2D eigenvalue weighted by Crippen LogP contribution is 2.22. The third-order valence-electron chi connectivity index (χ3n) is 4.65. The fraction of sp³-hybridized carbons (Fsp3) is 0.125. The van der Waals surface area contributed by atoms with E-state index in [0.717, 1.165) is 47.6 Å². The van der Waals surface area contributed by atoms with Crippen LogP contribution in [0.25, 0.3) is 6.08 Å². The molecule has 5 nitrogen and oxygen atoms in total. The Hall–Kier alpha value is -3.73. The van der Waals surface area contributed by atoms with E-state index in [9.17, 15) is 4.79 Å². The van der Waals surface area contributed by atoms with Crippen molar-refractivity contribution < 1.29 is 4.79 Å². The second kappa shape index (κ2) is 8.97. The molecular weight excluding hydrogens is 360 g/mol. The fourth-order valence-corrected chi connectivity index (χ4v) is 3.28. The van der Waals surface area contributed by atoms with E-state index in [1.807, 2.05) is 72.9 Å². The number of amides is 2. The number of benzene rings is 2. The van der Waals surface area contributed by atoms with Crippen LogP contribution in [0, 0.1) is 0 Å². The standard InChI is InChI=1S/C24H22N4O/c29-24(27-21-8-2-1-3-9-21)28-22-12-10-18(11-13-22)16-19-6-5-15-26-23(19)20-7-4-14-25-17-20/h1-4,7-14,16-17H,5-6,15H2,(H2,27,28,29)/b19-16+. The number of aliphatic imine (C=N–C) groups is 1. The normalized spacial score (nSPS) is 14.9. The van der Waals surface area contributed by atoms with Gasteiger partial charge in [0.25, 0.3) is 0 Å². The first kappa shape index (κ1) is 18.6. The van der Waals surface area contributed by atoms with Crippen LogP contribution in [0.1, 0.15) is 24.0 Å². The van der Waals surface area contributed by atoms with Crippen molar-refractivity contribution in [3.8, 4) is 0 Å². The Labute approximate surface area is 170 Å². The monoisotopic (exact) mass is 382 g/mol. The molecule has 3 aromatic rings. The average Bonchev–Trinajstić information content (AvgIpc) is 2.77. The molecule has 0 radical (unpaired) electrons. The summed E-state index contributed by atoms with van der Waals surface area (Å²) in [4.78, 5) is 21.1. The van der Waals surface area contributed by atoms with Gasteiger partial charge in [0.1, 0.15) is 0 Å². The minimum atomic E-state index is -0.263. The summed E-state index contributed by atoms with van der Waals surface area (Å²) in [6, 6.07) is 20.9. The van der Waals surface area contributed by atoms with Gasteiger partial charge >= 0.3 is 6.03 Å². The summed E-state index contributed by atoms with van der Waals surface area (Å²) >= 11 is 0. The summed E-state index contributed by atoms with van der Waals surface area (Å²) in [7, 11) is 0. The van der Waals surface area contributed by atoms with Gasteiger partial charge in [-0.2, -0.15) is 0 Å². The van der Waals surface area contributed by atoms with Gasteiger partial charge in [0.15, 0.2) is 0 Å². The van der Waals surface area contributed by atoms with Crippen molar-refractivity contribution in [2.24, 2.45) is 4.99 Å². The zero-order valence-electron chi connectivity index (χ0n) is 16.0. The predicted octanol–water partition coefficient (Wildman–Crippen LogP) is 5.39. The van der Waals surface area contributed by atoms with E-state index >= 15 is 0 Å². The maximum Gasteiger partial charge on any atom is 0.323 e. The van der Waals surface area contributed by atoms with E-state index in [1.165, 1.54) is 5.57 Å². The van der Waals surface area contributed by atoms with Crippen molar-refractivity contribution in [3.05, 3.63) is 95.8 Å². The molecule has 144 valence electrons. The van der Waals surface area contributed by atoms with Gasteiger partial charge in [-0.25, -0.2) is 4.79 Å². The van der Waals surface area contributed by atoms with Gasteiger partial charge in [-0.1, -0.05) is 30.3 Å². The van der Waals surface area contributed by atoms with Crippen LogP contribution in [0.4, 0.5) is 16.2 Å².